The summed E-state index contributed by atoms with van der Waals surface area (Å²) in [6.07, 6.45) is 3.32. The van der Waals surface area contributed by atoms with Crippen LogP contribution < -0.4 is 10.1 Å². The minimum Gasteiger partial charge on any atom is -0.482 e. The quantitative estimate of drug-likeness (QED) is 0.940. The molecule has 5 nitrogen and oxygen atoms in total. The highest BCUT2D eigenvalue weighted by atomic mass is 35.5. The van der Waals surface area contributed by atoms with Crippen molar-refractivity contribution in [2.75, 3.05) is 6.54 Å². The lowest BCUT2D eigenvalue weighted by Gasteiger charge is -2.19. The third kappa shape index (κ3) is 3.92. The van der Waals surface area contributed by atoms with Gasteiger partial charge in [0.1, 0.15) is 0 Å². The number of ether oxygens (including phenoxy) is 1. The van der Waals surface area contributed by atoms with E-state index in [-0.39, 0.29) is 30.8 Å². The Balaban J connectivity index is 0.00000161. The third-order valence-electron chi connectivity index (χ3n) is 3.29. The highest BCUT2D eigenvalue weighted by Crippen LogP contribution is 2.22. The van der Waals surface area contributed by atoms with Crippen LogP contribution in [0.2, 0.25) is 0 Å². The van der Waals surface area contributed by atoms with Gasteiger partial charge in [0.05, 0.1) is 6.04 Å². The molecule has 0 aliphatic carbocycles. The van der Waals surface area contributed by atoms with Gasteiger partial charge >= 0.3 is 0 Å². The first kappa shape index (κ1) is 15.7. The maximum atomic E-state index is 13.4. The molecule has 0 saturated carbocycles. The number of halogens is 2. The molecule has 21 heavy (non-hydrogen) atoms. The first-order valence-corrected chi connectivity index (χ1v) is 6.76. The fourth-order valence-electron chi connectivity index (χ4n) is 2.23. The number of nitrogens with one attached hydrogen (secondary N) is 1. The van der Waals surface area contributed by atoms with Gasteiger partial charge in [-0.3, -0.25) is 0 Å². The van der Waals surface area contributed by atoms with Crippen molar-refractivity contribution < 1.29 is 13.7 Å². The highest BCUT2D eigenvalue weighted by Gasteiger charge is 2.21. The summed E-state index contributed by atoms with van der Waals surface area (Å²) in [5, 5.41) is 7.20. The van der Waals surface area contributed by atoms with Gasteiger partial charge in [0.2, 0.25) is 11.7 Å². The normalized spacial score (nSPS) is 18.0. The second-order valence-electron chi connectivity index (χ2n) is 4.77. The van der Waals surface area contributed by atoms with Gasteiger partial charge in [0, 0.05) is 0 Å². The van der Waals surface area contributed by atoms with Crippen LogP contribution in [-0.2, 0) is 6.61 Å². The van der Waals surface area contributed by atoms with Crippen molar-refractivity contribution in [1.29, 1.82) is 0 Å². The van der Waals surface area contributed by atoms with E-state index in [0.29, 0.717) is 11.7 Å². The topological polar surface area (TPSA) is 60.2 Å². The zero-order valence-corrected chi connectivity index (χ0v) is 12.2. The molecule has 1 atom stereocenters. The summed E-state index contributed by atoms with van der Waals surface area (Å²) >= 11 is 0. The average molecular weight is 314 g/mol. The number of para-hydroxylation sites is 1. The Bertz CT molecular complexity index is 573. The SMILES string of the molecule is Cl.Fc1ccccc1OCc1noc([C@H]2CCCCN2)n1. The van der Waals surface area contributed by atoms with Crippen molar-refractivity contribution in [3.8, 4) is 5.75 Å². The molecule has 0 amide bonds. The summed E-state index contributed by atoms with van der Waals surface area (Å²) in [5.41, 5.74) is 0. The molecular formula is C14H17ClFN3O2. The largest absolute Gasteiger partial charge is 0.482 e. The van der Waals surface area contributed by atoms with Crippen LogP contribution in [0.1, 0.15) is 37.0 Å². The van der Waals surface area contributed by atoms with Gasteiger partial charge in [-0.05, 0) is 31.5 Å². The van der Waals surface area contributed by atoms with Crippen LogP contribution in [0, 0.1) is 5.82 Å². The Morgan fingerprint density at radius 1 is 1.33 bits per heavy atom. The van der Waals surface area contributed by atoms with E-state index in [0.717, 1.165) is 19.4 Å². The van der Waals surface area contributed by atoms with Gasteiger partial charge in [-0.1, -0.05) is 23.7 Å². The van der Waals surface area contributed by atoms with E-state index in [1.807, 2.05) is 0 Å². The molecule has 3 rings (SSSR count). The van der Waals surface area contributed by atoms with E-state index in [1.165, 1.54) is 12.5 Å². The molecule has 1 aliphatic rings. The Kier molecular flexibility index (Phi) is 5.52. The number of hydrogen-bond acceptors (Lipinski definition) is 5. The summed E-state index contributed by atoms with van der Waals surface area (Å²) in [4.78, 5) is 4.29. The number of nitrogens with zero attached hydrogens (tertiary/aromatic N) is 2. The zero-order valence-electron chi connectivity index (χ0n) is 11.4. The maximum Gasteiger partial charge on any atom is 0.243 e. The first-order chi connectivity index (χ1) is 9.83. The van der Waals surface area contributed by atoms with Gasteiger partial charge in [-0.25, -0.2) is 4.39 Å². The van der Waals surface area contributed by atoms with Gasteiger partial charge in [0.15, 0.2) is 18.2 Å². The van der Waals surface area contributed by atoms with Crippen molar-refractivity contribution in [3.63, 3.8) is 0 Å². The maximum absolute atomic E-state index is 13.4. The van der Waals surface area contributed by atoms with Crippen LogP contribution in [0.3, 0.4) is 0 Å². The molecule has 0 radical (unpaired) electrons. The molecule has 1 fully saturated rings. The fraction of sp³-hybridized carbons (Fsp3) is 0.429. The molecule has 0 spiro atoms. The monoisotopic (exact) mass is 313 g/mol. The van der Waals surface area contributed by atoms with Crippen molar-refractivity contribution in [2.24, 2.45) is 0 Å². The van der Waals surface area contributed by atoms with Gasteiger partial charge < -0.3 is 14.6 Å². The Morgan fingerprint density at radius 3 is 2.95 bits per heavy atom. The van der Waals surface area contributed by atoms with Gasteiger partial charge in [0.25, 0.3) is 0 Å². The van der Waals surface area contributed by atoms with Crippen molar-refractivity contribution in [1.82, 2.24) is 15.5 Å². The van der Waals surface area contributed by atoms with E-state index in [1.54, 1.807) is 18.2 Å². The summed E-state index contributed by atoms with van der Waals surface area (Å²) in [6.45, 7) is 1.06. The molecular weight excluding hydrogens is 297 g/mol. The molecule has 1 saturated heterocycles. The lowest BCUT2D eigenvalue weighted by molar-refractivity contribution is 0.267. The van der Waals surface area contributed by atoms with Crippen molar-refractivity contribution in [3.05, 3.63) is 41.8 Å². The molecule has 1 aromatic carbocycles. The molecule has 2 heterocycles. The van der Waals surface area contributed by atoms with E-state index in [2.05, 4.69) is 15.5 Å². The van der Waals surface area contributed by atoms with Crippen molar-refractivity contribution in [2.45, 2.75) is 31.9 Å². The summed E-state index contributed by atoms with van der Waals surface area (Å²) < 4.78 is 24.0. The fourth-order valence-corrected chi connectivity index (χ4v) is 2.23. The van der Waals surface area contributed by atoms with Crippen LogP contribution in [0.25, 0.3) is 0 Å². The van der Waals surface area contributed by atoms with E-state index in [4.69, 9.17) is 9.26 Å². The standard InChI is InChI=1S/C14H16FN3O2.ClH/c15-10-5-1-2-7-12(10)19-9-13-17-14(20-18-13)11-6-3-4-8-16-11;/h1-2,5,7,11,16H,3-4,6,8-9H2;1H/t11-;/m1./s1. The van der Waals surface area contributed by atoms with Crippen LogP contribution in [0.4, 0.5) is 4.39 Å². The van der Waals surface area contributed by atoms with Crippen LogP contribution in [0.15, 0.2) is 28.8 Å². The predicted octanol–water partition coefficient (Wildman–Crippen LogP) is 3.02. The van der Waals surface area contributed by atoms with Gasteiger partial charge in [-0.15, -0.1) is 12.4 Å². The van der Waals surface area contributed by atoms with Crippen molar-refractivity contribution >= 4 is 12.4 Å². The Labute approximate surface area is 128 Å². The lowest BCUT2D eigenvalue weighted by atomic mass is 10.1. The molecule has 1 aromatic heterocycles. The Morgan fingerprint density at radius 2 is 2.19 bits per heavy atom. The number of benzene rings is 1. The number of hydrogen-bond donors (Lipinski definition) is 1. The summed E-state index contributed by atoms with van der Waals surface area (Å²) in [7, 11) is 0. The number of aromatic nitrogens is 2. The van der Waals surface area contributed by atoms with Crippen LogP contribution >= 0.6 is 12.4 Å². The van der Waals surface area contributed by atoms with E-state index in [9.17, 15) is 4.39 Å². The second kappa shape index (κ2) is 7.38. The molecule has 1 aliphatic heterocycles. The molecule has 0 bridgehead atoms. The third-order valence-corrected chi connectivity index (χ3v) is 3.29. The molecule has 1 N–H and O–H groups in total. The lowest BCUT2D eigenvalue weighted by Crippen LogP contribution is -2.27. The highest BCUT2D eigenvalue weighted by molar-refractivity contribution is 5.85. The molecule has 114 valence electrons. The average Bonchev–Trinajstić information content (AvgIpc) is 2.96. The predicted molar refractivity (Wildman–Crippen MR) is 76.9 cm³/mol. The van der Waals surface area contributed by atoms with E-state index >= 15 is 0 Å². The van der Waals surface area contributed by atoms with E-state index < -0.39 is 5.82 Å². The number of piperidine rings is 1. The smallest absolute Gasteiger partial charge is 0.243 e. The zero-order chi connectivity index (χ0) is 13.8. The number of rotatable bonds is 4. The summed E-state index contributed by atoms with van der Waals surface area (Å²) in [5.74, 6) is 0.798. The minimum absolute atomic E-state index is 0. The second-order valence-corrected chi connectivity index (χ2v) is 4.77. The molecule has 0 unspecified atom stereocenters. The molecule has 7 heteroatoms. The minimum atomic E-state index is -0.398. The Hall–Kier alpha value is -1.66. The summed E-state index contributed by atoms with van der Waals surface area (Å²) in [6, 6.07) is 6.37. The molecule has 2 aromatic rings. The van der Waals surface area contributed by atoms with Gasteiger partial charge in [-0.2, -0.15) is 4.98 Å². The first-order valence-electron chi connectivity index (χ1n) is 6.76. The van der Waals surface area contributed by atoms with Crippen LogP contribution in [0.5, 0.6) is 5.75 Å². The van der Waals surface area contributed by atoms with Crippen LogP contribution in [-0.4, -0.2) is 16.7 Å².